The Morgan fingerprint density at radius 1 is 1.13 bits per heavy atom. The molecule has 0 radical (unpaired) electrons. The highest BCUT2D eigenvalue weighted by molar-refractivity contribution is 7.89. The minimum absolute atomic E-state index is 0.122. The van der Waals surface area contributed by atoms with E-state index in [0.29, 0.717) is 0 Å². The molecule has 9 nitrogen and oxygen atoms in total. The third kappa shape index (κ3) is 4.27. The summed E-state index contributed by atoms with van der Waals surface area (Å²) in [6, 6.07) is 1.75. The van der Waals surface area contributed by atoms with E-state index in [-0.39, 0.29) is 11.1 Å². The van der Waals surface area contributed by atoms with Gasteiger partial charge in [-0.05, 0) is 25.1 Å². The molecule has 1 atom stereocenters. The first-order chi connectivity index (χ1) is 10.6. The third-order valence-electron chi connectivity index (χ3n) is 2.80. The molecule has 0 spiro atoms. The van der Waals surface area contributed by atoms with E-state index < -0.39 is 38.9 Å². The molecule has 1 unspecified atom stereocenters. The third-order valence-corrected chi connectivity index (χ3v) is 4.38. The molecular formula is C13H15NO8S. The van der Waals surface area contributed by atoms with Gasteiger partial charge in [0.05, 0.1) is 30.2 Å². The fourth-order valence-electron chi connectivity index (χ4n) is 1.61. The second kappa shape index (κ2) is 7.20. The van der Waals surface area contributed by atoms with Crippen LogP contribution in [0.15, 0.2) is 23.1 Å². The molecule has 10 heteroatoms. The van der Waals surface area contributed by atoms with Crippen LogP contribution in [0.1, 0.15) is 27.6 Å². The van der Waals surface area contributed by atoms with Gasteiger partial charge < -0.3 is 14.6 Å². The zero-order chi connectivity index (χ0) is 17.8. The molecular weight excluding hydrogens is 330 g/mol. The van der Waals surface area contributed by atoms with Crippen LogP contribution in [0.3, 0.4) is 0 Å². The Labute approximate surface area is 132 Å². The Hall–Kier alpha value is -2.46. The number of esters is 2. The fourth-order valence-corrected chi connectivity index (χ4v) is 3.03. The Kier molecular flexibility index (Phi) is 5.82. The van der Waals surface area contributed by atoms with E-state index in [1.54, 1.807) is 0 Å². The number of benzene rings is 1. The number of hydrogen-bond acceptors (Lipinski definition) is 7. The van der Waals surface area contributed by atoms with Crippen molar-refractivity contribution in [3.8, 4) is 0 Å². The summed E-state index contributed by atoms with van der Waals surface area (Å²) in [6.45, 7) is 1.11. The Morgan fingerprint density at radius 3 is 2.17 bits per heavy atom. The van der Waals surface area contributed by atoms with E-state index in [9.17, 15) is 22.8 Å². The lowest BCUT2D eigenvalue weighted by atomic mass is 10.1. The normalized spacial score (nSPS) is 12.3. The van der Waals surface area contributed by atoms with Gasteiger partial charge in [-0.15, -0.1) is 0 Å². The number of carboxylic acids is 1. The molecule has 0 fully saturated rings. The number of hydrogen-bond donors (Lipinski definition) is 2. The van der Waals surface area contributed by atoms with Gasteiger partial charge in [-0.3, -0.25) is 4.79 Å². The summed E-state index contributed by atoms with van der Waals surface area (Å²) in [5, 5.41) is 8.81. The molecule has 0 saturated carbocycles. The van der Waals surface area contributed by atoms with E-state index in [0.717, 1.165) is 33.3 Å². The van der Waals surface area contributed by atoms with Crippen molar-refractivity contribution >= 4 is 27.9 Å². The van der Waals surface area contributed by atoms with Gasteiger partial charge in [0, 0.05) is 0 Å². The summed E-state index contributed by atoms with van der Waals surface area (Å²) in [7, 11) is -2.23. The molecule has 23 heavy (non-hydrogen) atoms. The lowest BCUT2D eigenvalue weighted by Crippen LogP contribution is -2.39. The number of nitrogens with one attached hydrogen (secondary N) is 1. The van der Waals surface area contributed by atoms with Crippen molar-refractivity contribution in [3.05, 3.63) is 29.3 Å². The van der Waals surface area contributed by atoms with Gasteiger partial charge in [-0.2, -0.15) is 4.72 Å². The van der Waals surface area contributed by atoms with Crippen LogP contribution in [0.2, 0.25) is 0 Å². The highest BCUT2D eigenvalue weighted by Crippen LogP contribution is 2.20. The molecule has 0 aliphatic carbocycles. The monoisotopic (exact) mass is 345 g/mol. The van der Waals surface area contributed by atoms with E-state index in [4.69, 9.17) is 5.11 Å². The molecule has 0 saturated heterocycles. The second-order valence-electron chi connectivity index (χ2n) is 4.38. The molecule has 0 aliphatic rings. The van der Waals surface area contributed by atoms with Crippen molar-refractivity contribution in [2.45, 2.75) is 17.9 Å². The highest BCUT2D eigenvalue weighted by atomic mass is 32.2. The molecule has 1 rings (SSSR count). The first-order valence-corrected chi connectivity index (χ1v) is 7.68. The molecule has 2 N–H and O–H groups in total. The molecule has 1 aromatic carbocycles. The van der Waals surface area contributed by atoms with E-state index >= 15 is 0 Å². The van der Waals surface area contributed by atoms with E-state index in [1.165, 1.54) is 6.07 Å². The molecule has 126 valence electrons. The van der Waals surface area contributed by atoms with Crippen molar-refractivity contribution in [1.82, 2.24) is 4.72 Å². The average molecular weight is 345 g/mol. The van der Waals surface area contributed by atoms with Gasteiger partial charge in [-0.25, -0.2) is 18.0 Å². The predicted molar refractivity (Wildman–Crippen MR) is 76.5 cm³/mol. The van der Waals surface area contributed by atoms with Gasteiger partial charge >= 0.3 is 17.9 Å². The Bertz CT molecular complexity index is 740. The summed E-state index contributed by atoms with van der Waals surface area (Å²) < 4.78 is 35.5. The number of aliphatic carboxylic acids is 1. The number of carbonyl (C=O) groups is 3. The lowest BCUT2D eigenvalue weighted by molar-refractivity contribution is -0.138. The minimum atomic E-state index is -4.39. The lowest BCUT2D eigenvalue weighted by Gasteiger charge is -2.13. The van der Waals surface area contributed by atoms with Crippen molar-refractivity contribution < 1.29 is 37.4 Å². The van der Waals surface area contributed by atoms with Crippen molar-refractivity contribution in [2.24, 2.45) is 0 Å². The molecule has 0 amide bonds. The van der Waals surface area contributed by atoms with E-state index in [2.05, 4.69) is 9.47 Å². The Morgan fingerprint density at radius 2 is 1.70 bits per heavy atom. The van der Waals surface area contributed by atoms with Crippen LogP contribution in [-0.2, 0) is 24.3 Å². The minimum Gasteiger partial charge on any atom is -0.480 e. The molecule has 0 bridgehead atoms. The van der Waals surface area contributed by atoms with Gasteiger partial charge in [0.1, 0.15) is 6.04 Å². The second-order valence-corrected chi connectivity index (χ2v) is 6.06. The number of carbonyl (C=O) groups excluding carboxylic acids is 2. The van der Waals surface area contributed by atoms with Crippen LogP contribution in [0.25, 0.3) is 0 Å². The molecule has 0 aromatic heterocycles. The maximum Gasteiger partial charge on any atom is 0.339 e. The number of methoxy groups -OCH3 is 2. The summed E-state index contributed by atoms with van der Waals surface area (Å²) in [5.74, 6) is -3.17. The first-order valence-electron chi connectivity index (χ1n) is 6.20. The largest absolute Gasteiger partial charge is 0.480 e. The molecule has 0 aliphatic heterocycles. The van der Waals surface area contributed by atoms with Crippen molar-refractivity contribution in [2.75, 3.05) is 14.2 Å². The maximum atomic E-state index is 12.3. The van der Waals surface area contributed by atoms with Crippen LogP contribution in [0, 0.1) is 0 Å². The zero-order valence-corrected chi connectivity index (χ0v) is 13.3. The summed E-state index contributed by atoms with van der Waals surface area (Å²) in [5.41, 5.74) is -0.464. The van der Waals surface area contributed by atoms with Crippen LogP contribution in [-0.4, -0.2) is 51.7 Å². The quantitative estimate of drug-likeness (QED) is 0.688. The van der Waals surface area contributed by atoms with Gasteiger partial charge in [0.2, 0.25) is 10.0 Å². The van der Waals surface area contributed by atoms with Crippen LogP contribution >= 0.6 is 0 Å². The smallest absolute Gasteiger partial charge is 0.339 e. The fraction of sp³-hybridized carbons (Fsp3) is 0.308. The van der Waals surface area contributed by atoms with Gasteiger partial charge in [0.25, 0.3) is 0 Å². The average Bonchev–Trinajstić information content (AvgIpc) is 2.52. The summed E-state index contributed by atoms with van der Waals surface area (Å²) >= 11 is 0. The van der Waals surface area contributed by atoms with Crippen molar-refractivity contribution in [1.29, 1.82) is 0 Å². The Balaban J connectivity index is 3.47. The maximum absolute atomic E-state index is 12.3. The predicted octanol–water partition coefficient (Wildman–Crippen LogP) is 0.0112. The highest BCUT2D eigenvalue weighted by Gasteiger charge is 2.28. The SMILES string of the molecule is COC(=O)c1ccc(C(=O)OC)c(S(=O)(=O)NC(C)C(=O)O)c1. The topological polar surface area (TPSA) is 136 Å². The number of sulfonamides is 1. The van der Waals surface area contributed by atoms with Gasteiger partial charge in [-0.1, -0.05) is 0 Å². The first kappa shape index (κ1) is 18.6. The molecule has 0 heterocycles. The van der Waals surface area contributed by atoms with Gasteiger partial charge in [0.15, 0.2) is 0 Å². The number of carboxylic acid groups (broad SMARTS) is 1. The van der Waals surface area contributed by atoms with Crippen LogP contribution in [0.4, 0.5) is 0 Å². The summed E-state index contributed by atoms with van der Waals surface area (Å²) in [6.07, 6.45) is 0. The van der Waals surface area contributed by atoms with E-state index in [1.807, 2.05) is 4.72 Å². The standard InChI is InChI=1S/C13H15NO8S/c1-7(11(15)16)14-23(19,20)10-6-8(12(17)21-2)4-5-9(10)13(18)22-3/h4-7,14H,1-3H3,(H,15,16). The number of ether oxygens (including phenoxy) is 2. The summed E-state index contributed by atoms with van der Waals surface area (Å²) in [4.78, 5) is 33.5. The molecule has 1 aromatic rings. The zero-order valence-electron chi connectivity index (χ0n) is 12.5. The number of rotatable bonds is 6. The van der Waals surface area contributed by atoms with Crippen LogP contribution < -0.4 is 4.72 Å². The van der Waals surface area contributed by atoms with Crippen LogP contribution in [0.5, 0.6) is 0 Å². The van der Waals surface area contributed by atoms with Crippen molar-refractivity contribution in [3.63, 3.8) is 0 Å².